The lowest BCUT2D eigenvalue weighted by molar-refractivity contribution is 0.285. The van der Waals surface area contributed by atoms with Gasteiger partial charge in [-0.25, -0.2) is 25.9 Å². The summed E-state index contributed by atoms with van der Waals surface area (Å²) in [6.07, 6.45) is 1.71. The van der Waals surface area contributed by atoms with Gasteiger partial charge in [-0.3, -0.25) is 0 Å². The van der Waals surface area contributed by atoms with Crippen molar-refractivity contribution in [2.45, 2.75) is 22.6 Å². The lowest BCUT2D eigenvalue weighted by Gasteiger charge is -2.08. The second-order valence-corrected chi connectivity index (χ2v) is 7.94. The van der Waals surface area contributed by atoms with Crippen molar-refractivity contribution in [1.82, 2.24) is 4.72 Å². The Bertz CT molecular complexity index is 670. The smallest absolute Gasteiger partial charge is 0.243 e. The van der Waals surface area contributed by atoms with Crippen LogP contribution in [0.5, 0.6) is 0 Å². The summed E-state index contributed by atoms with van der Waals surface area (Å²) in [5.41, 5.74) is 0. The molecular formula is C11H16FNO5S2. The number of benzene rings is 1. The molecule has 0 atom stereocenters. The van der Waals surface area contributed by atoms with Crippen LogP contribution in [0.1, 0.15) is 12.8 Å². The lowest BCUT2D eigenvalue weighted by atomic mass is 10.3. The number of halogens is 1. The summed E-state index contributed by atoms with van der Waals surface area (Å²) in [5, 5.41) is 8.58. The van der Waals surface area contributed by atoms with E-state index in [1.54, 1.807) is 0 Å². The van der Waals surface area contributed by atoms with Crippen LogP contribution in [0.25, 0.3) is 0 Å². The van der Waals surface area contributed by atoms with Gasteiger partial charge in [0, 0.05) is 19.4 Å². The molecule has 0 amide bonds. The van der Waals surface area contributed by atoms with Crippen LogP contribution in [-0.4, -0.2) is 41.3 Å². The molecular weight excluding hydrogens is 309 g/mol. The normalized spacial score (nSPS) is 12.6. The number of aliphatic hydroxyl groups excluding tert-OH is 1. The van der Waals surface area contributed by atoms with Crippen molar-refractivity contribution >= 4 is 19.9 Å². The Hall–Kier alpha value is -1.03. The molecule has 0 saturated heterocycles. The zero-order valence-electron chi connectivity index (χ0n) is 10.8. The van der Waals surface area contributed by atoms with E-state index in [1.807, 2.05) is 0 Å². The first-order valence-electron chi connectivity index (χ1n) is 5.78. The van der Waals surface area contributed by atoms with Crippen LogP contribution < -0.4 is 4.72 Å². The molecule has 2 N–H and O–H groups in total. The Balaban J connectivity index is 3.05. The van der Waals surface area contributed by atoms with Crippen LogP contribution in [0.2, 0.25) is 0 Å². The predicted molar refractivity (Wildman–Crippen MR) is 71.0 cm³/mol. The van der Waals surface area contributed by atoms with Gasteiger partial charge in [-0.15, -0.1) is 0 Å². The van der Waals surface area contributed by atoms with E-state index in [-0.39, 0.29) is 18.0 Å². The molecule has 0 radical (unpaired) electrons. The van der Waals surface area contributed by atoms with E-state index in [0.717, 1.165) is 24.5 Å². The second-order valence-electron chi connectivity index (χ2n) is 4.19. The first kappa shape index (κ1) is 17.0. The van der Waals surface area contributed by atoms with Gasteiger partial charge < -0.3 is 5.11 Å². The number of nitrogens with one attached hydrogen (secondary N) is 1. The van der Waals surface area contributed by atoms with E-state index < -0.39 is 30.6 Å². The van der Waals surface area contributed by atoms with E-state index >= 15 is 0 Å². The van der Waals surface area contributed by atoms with Gasteiger partial charge in [-0.05, 0) is 31.0 Å². The largest absolute Gasteiger partial charge is 0.396 e. The number of aliphatic hydroxyl groups is 1. The minimum atomic E-state index is -4.13. The molecule has 0 unspecified atom stereocenters. The van der Waals surface area contributed by atoms with Gasteiger partial charge in [0.05, 0.1) is 4.90 Å². The molecule has 0 saturated carbocycles. The summed E-state index contributed by atoms with van der Waals surface area (Å²) in [6.45, 7) is -0.0366. The molecule has 0 aliphatic heterocycles. The Labute approximate surface area is 117 Å². The average molecular weight is 325 g/mol. The summed E-state index contributed by atoms with van der Waals surface area (Å²) in [4.78, 5) is -0.973. The van der Waals surface area contributed by atoms with Crippen molar-refractivity contribution in [3.63, 3.8) is 0 Å². The van der Waals surface area contributed by atoms with Crippen LogP contribution in [0.3, 0.4) is 0 Å². The number of hydrogen-bond acceptors (Lipinski definition) is 5. The maximum Gasteiger partial charge on any atom is 0.243 e. The molecule has 0 bridgehead atoms. The van der Waals surface area contributed by atoms with Gasteiger partial charge in [-0.2, -0.15) is 0 Å². The fourth-order valence-electron chi connectivity index (χ4n) is 1.44. The summed E-state index contributed by atoms with van der Waals surface area (Å²) in [6, 6.07) is 2.60. The van der Waals surface area contributed by atoms with Crippen LogP contribution in [0.4, 0.5) is 4.39 Å². The van der Waals surface area contributed by atoms with Crippen molar-refractivity contribution in [2.75, 3.05) is 19.4 Å². The monoisotopic (exact) mass is 325 g/mol. The molecule has 0 aromatic heterocycles. The molecule has 1 rings (SSSR count). The van der Waals surface area contributed by atoms with Crippen molar-refractivity contribution in [3.05, 3.63) is 24.0 Å². The van der Waals surface area contributed by atoms with Crippen molar-refractivity contribution in [2.24, 2.45) is 0 Å². The van der Waals surface area contributed by atoms with E-state index in [1.165, 1.54) is 0 Å². The highest BCUT2D eigenvalue weighted by Gasteiger charge is 2.21. The van der Waals surface area contributed by atoms with Gasteiger partial charge in [0.1, 0.15) is 10.7 Å². The zero-order valence-corrected chi connectivity index (χ0v) is 12.5. The topological polar surface area (TPSA) is 101 Å². The third kappa shape index (κ3) is 4.51. The number of unbranched alkanes of at least 4 members (excludes halogenated alkanes) is 1. The molecule has 0 aliphatic carbocycles. The Morgan fingerprint density at radius 3 is 2.40 bits per heavy atom. The van der Waals surface area contributed by atoms with Gasteiger partial charge >= 0.3 is 0 Å². The number of rotatable bonds is 7. The Morgan fingerprint density at radius 1 is 1.20 bits per heavy atom. The van der Waals surface area contributed by atoms with E-state index in [4.69, 9.17) is 5.11 Å². The van der Waals surface area contributed by atoms with E-state index in [0.29, 0.717) is 12.8 Å². The highest BCUT2D eigenvalue weighted by atomic mass is 32.2. The van der Waals surface area contributed by atoms with Gasteiger partial charge in [0.2, 0.25) is 10.0 Å². The van der Waals surface area contributed by atoms with Gasteiger partial charge in [0.15, 0.2) is 9.84 Å². The van der Waals surface area contributed by atoms with Crippen molar-refractivity contribution in [1.29, 1.82) is 0 Å². The average Bonchev–Trinajstić information content (AvgIpc) is 2.33. The molecule has 6 nitrogen and oxygen atoms in total. The van der Waals surface area contributed by atoms with Gasteiger partial charge in [0.25, 0.3) is 0 Å². The highest BCUT2D eigenvalue weighted by Crippen LogP contribution is 2.19. The predicted octanol–water partition coefficient (Wildman–Crippen LogP) is 0.280. The van der Waals surface area contributed by atoms with Crippen molar-refractivity contribution in [3.8, 4) is 0 Å². The standard InChI is InChI=1S/C11H16FNO5S2/c1-19(15,16)9-4-5-10(12)11(8-9)20(17,18)13-6-2-3-7-14/h4-5,8,13-14H,2-3,6-7H2,1H3. The molecule has 0 aliphatic rings. The molecule has 0 fully saturated rings. The lowest BCUT2D eigenvalue weighted by Crippen LogP contribution is -2.26. The minimum Gasteiger partial charge on any atom is -0.396 e. The SMILES string of the molecule is CS(=O)(=O)c1ccc(F)c(S(=O)(=O)NCCCCO)c1. The van der Waals surface area contributed by atoms with E-state index in [2.05, 4.69) is 4.72 Å². The van der Waals surface area contributed by atoms with Crippen LogP contribution in [0.15, 0.2) is 28.0 Å². The molecule has 20 heavy (non-hydrogen) atoms. The number of hydrogen-bond donors (Lipinski definition) is 2. The van der Waals surface area contributed by atoms with Crippen molar-refractivity contribution < 1.29 is 26.3 Å². The third-order valence-electron chi connectivity index (χ3n) is 2.50. The van der Waals surface area contributed by atoms with E-state index in [9.17, 15) is 21.2 Å². The first-order valence-corrected chi connectivity index (χ1v) is 9.16. The Morgan fingerprint density at radius 2 is 1.85 bits per heavy atom. The molecule has 0 spiro atoms. The third-order valence-corrected chi connectivity index (χ3v) is 5.08. The summed E-state index contributed by atoms with van der Waals surface area (Å²) >= 11 is 0. The van der Waals surface area contributed by atoms with Crippen LogP contribution in [0, 0.1) is 5.82 Å². The van der Waals surface area contributed by atoms with Crippen LogP contribution in [-0.2, 0) is 19.9 Å². The zero-order chi connectivity index (χ0) is 15.4. The fraction of sp³-hybridized carbons (Fsp3) is 0.455. The maximum atomic E-state index is 13.6. The first-order chi connectivity index (χ1) is 9.18. The summed E-state index contributed by atoms with van der Waals surface area (Å²) < 4.78 is 62.2. The Kier molecular flexibility index (Phi) is 5.63. The molecule has 9 heteroatoms. The number of sulfonamides is 1. The molecule has 114 valence electrons. The van der Waals surface area contributed by atoms with Crippen LogP contribution >= 0.6 is 0 Å². The second kappa shape index (κ2) is 6.61. The quantitative estimate of drug-likeness (QED) is 0.554. The molecule has 1 aromatic carbocycles. The summed E-state index contributed by atoms with van der Waals surface area (Å²) in [5.74, 6) is -1.02. The maximum absolute atomic E-state index is 13.6. The summed E-state index contributed by atoms with van der Waals surface area (Å²) in [7, 11) is -7.75. The highest BCUT2D eigenvalue weighted by molar-refractivity contribution is 7.91. The molecule has 1 aromatic rings. The minimum absolute atomic E-state index is 0.0332. The molecule has 0 heterocycles. The van der Waals surface area contributed by atoms with Gasteiger partial charge in [-0.1, -0.05) is 0 Å². The fourth-order valence-corrected chi connectivity index (χ4v) is 3.34. The number of sulfone groups is 1.